The third-order valence-electron chi connectivity index (χ3n) is 1.98. The van der Waals surface area contributed by atoms with Crippen LogP contribution < -0.4 is 5.32 Å². The number of esters is 1. The number of nitrogens with one attached hydrogen (secondary N) is 1. The van der Waals surface area contributed by atoms with Crippen molar-refractivity contribution in [3.63, 3.8) is 0 Å². The molecule has 0 bridgehead atoms. The molecule has 0 aliphatic carbocycles. The molecule has 0 heterocycles. The van der Waals surface area contributed by atoms with E-state index in [1.165, 1.54) is 0 Å². The molecule has 0 aromatic heterocycles. The summed E-state index contributed by atoms with van der Waals surface area (Å²) in [5.41, 5.74) is -1.62. The lowest BCUT2D eigenvalue weighted by Crippen LogP contribution is -2.57. The molecule has 0 saturated heterocycles. The van der Waals surface area contributed by atoms with Crippen LogP contribution in [0.2, 0.25) is 0 Å². The van der Waals surface area contributed by atoms with Crippen LogP contribution in [-0.4, -0.2) is 63.8 Å². The molecule has 10 nitrogen and oxygen atoms in total. The smallest absolute Gasteiger partial charge is 0.469 e. The van der Waals surface area contributed by atoms with Crippen molar-refractivity contribution in [2.45, 2.75) is 12.5 Å². The largest absolute Gasteiger partial charge is 0.480 e. The fraction of sp³-hybridized carbons (Fsp3) is 0.750. The third kappa shape index (κ3) is 8.65. The molecule has 0 aliphatic heterocycles. The van der Waals surface area contributed by atoms with E-state index in [0.29, 0.717) is 0 Å². The number of aliphatic carboxylic acids is 1. The Morgan fingerprint density at radius 2 is 1.89 bits per heavy atom. The summed E-state index contributed by atoms with van der Waals surface area (Å²) >= 11 is 0. The number of carboxylic acids is 1. The van der Waals surface area contributed by atoms with Crippen LogP contribution >= 0.6 is 7.82 Å². The van der Waals surface area contributed by atoms with Gasteiger partial charge in [0.15, 0.2) is 0 Å². The highest BCUT2D eigenvalue weighted by Gasteiger charge is 2.34. The average molecular weight is 301 g/mol. The second kappa shape index (κ2) is 7.53. The summed E-state index contributed by atoms with van der Waals surface area (Å²) in [6, 6.07) is 0. The lowest BCUT2D eigenvalue weighted by atomic mass is 10.0. The Labute approximate surface area is 108 Å². The molecular formula is C8H16NO9P. The van der Waals surface area contributed by atoms with E-state index in [1.54, 1.807) is 0 Å². The van der Waals surface area contributed by atoms with Crippen molar-refractivity contribution in [2.24, 2.45) is 0 Å². The Hall–Kier alpha value is -1.03. The van der Waals surface area contributed by atoms with Crippen molar-refractivity contribution in [2.75, 3.05) is 26.4 Å². The molecule has 0 aliphatic rings. The monoisotopic (exact) mass is 301 g/mol. The number of carbonyl (C=O) groups is 2. The number of phosphoric ester groups is 1. The number of rotatable bonds is 9. The second-order valence-electron chi connectivity index (χ2n) is 3.73. The Morgan fingerprint density at radius 1 is 1.32 bits per heavy atom. The van der Waals surface area contributed by atoms with Gasteiger partial charge in [0.05, 0.1) is 19.8 Å². The van der Waals surface area contributed by atoms with Crippen molar-refractivity contribution in [1.29, 1.82) is 0 Å². The van der Waals surface area contributed by atoms with Crippen LogP contribution in [0.1, 0.15) is 6.92 Å². The molecule has 19 heavy (non-hydrogen) atoms. The van der Waals surface area contributed by atoms with Gasteiger partial charge in [0.1, 0.15) is 12.1 Å². The van der Waals surface area contributed by atoms with Crippen LogP contribution in [-0.2, 0) is 23.4 Å². The van der Waals surface area contributed by atoms with Crippen molar-refractivity contribution in [3.05, 3.63) is 0 Å². The molecule has 5 N–H and O–H groups in total. The van der Waals surface area contributed by atoms with E-state index in [9.17, 15) is 19.3 Å². The van der Waals surface area contributed by atoms with Crippen molar-refractivity contribution >= 4 is 19.8 Å². The van der Waals surface area contributed by atoms with E-state index >= 15 is 0 Å². The minimum atomic E-state index is -4.81. The number of carbonyl (C=O) groups excluding carboxylic acids is 1. The van der Waals surface area contributed by atoms with Crippen molar-refractivity contribution in [1.82, 2.24) is 5.32 Å². The molecule has 0 amide bonds. The van der Waals surface area contributed by atoms with E-state index in [4.69, 9.17) is 14.9 Å². The van der Waals surface area contributed by atoms with Crippen LogP contribution in [0.15, 0.2) is 0 Å². The van der Waals surface area contributed by atoms with E-state index in [0.717, 1.165) is 6.92 Å². The number of aliphatic hydroxyl groups excluding tert-OH is 1. The zero-order valence-electron chi connectivity index (χ0n) is 10.1. The van der Waals surface area contributed by atoms with Gasteiger partial charge in [-0.1, -0.05) is 0 Å². The summed E-state index contributed by atoms with van der Waals surface area (Å²) < 4.78 is 19.4. The first-order valence-corrected chi connectivity index (χ1v) is 6.54. The topological polar surface area (TPSA) is 163 Å². The quantitative estimate of drug-likeness (QED) is 0.239. The number of carboxylic acid groups (broad SMARTS) is 1. The number of ether oxygens (including phenoxy) is 1. The normalized spacial score (nSPS) is 14.7. The first kappa shape index (κ1) is 18.0. The van der Waals surface area contributed by atoms with Crippen LogP contribution in [0, 0.1) is 0 Å². The van der Waals surface area contributed by atoms with Gasteiger partial charge in [-0.3, -0.25) is 19.4 Å². The number of phosphoric acid groups is 1. The summed E-state index contributed by atoms with van der Waals surface area (Å²) in [7, 11) is -4.81. The van der Waals surface area contributed by atoms with E-state index in [1.807, 2.05) is 0 Å². The van der Waals surface area contributed by atoms with Crippen LogP contribution in [0.25, 0.3) is 0 Å². The molecule has 11 heteroatoms. The molecule has 0 saturated carbocycles. The molecular weight excluding hydrogens is 285 g/mol. The highest BCUT2D eigenvalue weighted by molar-refractivity contribution is 7.46. The Balaban J connectivity index is 4.77. The predicted molar refractivity (Wildman–Crippen MR) is 60.1 cm³/mol. The minimum Gasteiger partial charge on any atom is -0.480 e. The molecule has 0 aromatic carbocycles. The van der Waals surface area contributed by atoms with Crippen molar-refractivity contribution in [3.8, 4) is 0 Å². The fourth-order valence-corrected chi connectivity index (χ4v) is 1.42. The standard InChI is InChI=1S/C8H16NO9P/c1-6(11)17-4-8(3-10,9-2-7(12)13)5-18-19(14,15)16/h9-10H,2-5H2,1H3,(H,12,13)(H2,14,15,16). The fourth-order valence-electron chi connectivity index (χ4n) is 1.00. The summed E-state index contributed by atoms with van der Waals surface area (Å²) in [6.45, 7) is -1.54. The number of aliphatic hydroxyl groups is 1. The molecule has 0 radical (unpaired) electrons. The van der Waals surface area contributed by atoms with Gasteiger partial charge < -0.3 is 24.7 Å². The predicted octanol–water partition coefficient (Wildman–Crippen LogP) is -1.94. The molecule has 0 spiro atoms. The summed E-state index contributed by atoms with van der Waals surface area (Å²) in [5, 5.41) is 20.1. The molecule has 0 rings (SSSR count). The van der Waals surface area contributed by atoms with Gasteiger partial charge in [0, 0.05) is 6.92 Å². The molecule has 1 atom stereocenters. The van der Waals surface area contributed by atoms with Crippen LogP contribution in [0.5, 0.6) is 0 Å². The van der Waals surface area contributed by atoms with Gasteiger partial charge in [-0.25, -0.2) is 4.57 Å². The van der Waals surface area contributed by atoms with E-state index in [2.05, 4.69) is 14.6 Å². The molecule has 0 aromatic rings. The second-order valence-corrected chi connectivity index (χ2v) is 4.97. The van der Waals surface area contributed by atoms with Gasteiger partial charge in [0.2, 0.25) is 0 Å². The van der Waals surface area contributed by atoms with E-state index in [-0.39, 0.29) is 0 Å². The maximum absolute atomic E-state index is 10.7. The molecule has 1 unspecified atom stereocenters. The van der Waals surface area contributed by atoms with Gasteiger partial charge in [-0.15, -0.1) is 0 Å². The van der Waals surface area contributed by atoms with Gasteiger partial charge in [-0.2, -0.15) is 0 Å². The first-order chi connectivity index (χ1) is 8.60. The highest BCUT2D eigenvalue weighted by atomic mass is 31.2. The zero-order chi connectivity index (χ0) is 15.1. The van der Waals surface area contributed by atoms with E-state index < -0.39 is 51.7 Å². The first-order valence-electron chi connectivity index (χ1n) is 5.01. The maximum Gasteiger partial charge on any atom is 0.469 e. The summed E-state index contributed by atoms with van der Waals surface area (Å²) in [5.74, 6) is -1.97. The van der Waals surface area contributed by atoms with Crippen LogP contribution in [0.3, 0.4) is 0 Å². The van der Waals surface area contributed by atoms with Crippen molar-refractivity contribution < 1.29 is 43.4 Å². The Bertz CT molecular complexity index is 347. The lowest BCUT2D eigenvalue weighted by Gasteiger charge is -2.31. The van der Waals surface area contributed by atoms with Gasteiger partial charge >= 0.3 is 19.8 Å². The highest BCUT2D eigenvalue weighted by Crippen LogP contribution is 2.36. The van der Waals surface area contributed by atoms with Gasteiger partial charge in [0.25, 0.3) is 0 Å². The average Bonchev–Trinajstić information content (AvgIpc) is 2.27. The zero-order valence-corrected chi connectivity index (χ0v) is 11.0. The molecule has 112 valence electrons. The SMILES string of the molecule is CC(=O)OCC(CO)(COP(=O)(O)O)NCC(=O)O. The number of hydrogen-bond donors (Lipinski definition) is 5. The number of hydrogen-bond acceptors (Lipinski definition) is 7. The summed E-state index contributed by atoms with van der Waals surface area (Å²) in [6.07, 6.45) is 0. The molecule has 0 fully saturated rings. The Morgan fingerprint density at radius 3 is 2.26 bits per heavy atom. The van der Waals surface area contributed by atoms with Crippen LogP contribution in [0.4, 0.5) is 0 Å². The van der Waals surface area contributed by atoms with Gasteiger partial charge in [-0.05, 0) is 0 Å². The third-order valence-corrected chi connectivity index (χ3v) is 2.44. The maximum atomic E-state index is 10.7. The summed E-state index contributed by atoms with van der Waals surface area (Å²) in [4.78, 5) is 38.3. The lowest BCUT2D eigenvalue weighted by molar-refractivity contribution is -0.144. The minimum absolute atomic E-state index is 0.508. The Kier molecular flexibility index (Phi) is 7.12.